The molecule has 1 heterocycles. The summed E-state index contributed by atoms with van der Waals surface area (Å²) in [5.74, 6) is -1.90. The second-order valence-corrected chi connectivity index (χ2v) is 3.81. The van der Waals surface area contributed by atoms with Crippen molar-refractivity contribution >= 4 is 0 Å². The monoisotopic (exact) mass is 254 g/mol. The second kappa shape index (κ2) is 5.70. The summed E-state index contributed by atoms with van der Waals surface area (Å²) in [6, 6.07) is 5.01. The number of nitrogens with one attached hydrogen (secondary N) is 1. The van der Waals surface area contributed by atoms with Crippen molar-refractivity contribution in [3.05, 3.63) is 53.4 Å². The van der Waals surface area contributed by atoms with Gasteiger partial charge in [0, 0.05) is 19.2 Å². The number of aromatic nitrogens is 1. The van der Waals surface area contributed by atoms with E-state index in [1.807, 2.05) is 0 Å². The third kappa shape index (κ3) is 3.12. The van der Waals surface area contributed by atoms with Crippen LogP contribution in [0.1, 0.15) is 17.4 Å². The number of aliphatic hydroxyl groups is 1. The van der Waals surface area contributed by atoms with Crippen molar-refractivity contribution in [2.75, 3.05) is 6.54 Å². The van der Waals surface area contributed by atoms with Gasteiger partial charge in [-0.2, -0.15) is 0 Å². The lowest BCUT2D eigenvalue weighted by atomic mass is 10.1. The Labute approximate surface area is 102 Å². The van der Waals surface area contributed by atoms with Crippen molar-refractivity contribution < 1.29 is 18.4 Å². The topological polar surface area (TPSA) is 58.3 Å². The average Bonchev–Trinajstić information content (AvgIpc) is 2.85. The molecule has 1 unspecified atom stereocenters. The lowest BCUT2D eigenvalue weighted by Gasteiger charge is -2.11. The maximum Gasteiger partial charge on any atom is 0.159 e. The third-order valence-electron chi connectivity index (χ3n) is 2.46. The van der Waals surface area contributed by atoms with Crippen LogP contribution in [0.3, 0.4) is 0 Å². The van der Waals surface area contributed by atoms with E-state index in [4.69, 9.17) is 0 Å². The Morgan fingerprint density at radius 1 is 1.28 bits per heavy atom. The minimum absolute atomic E-state index is 0.206. The predicted octanol–water partition coefficient (Wildman–Crippen LogP) is 1.78. The van der Waals surface area contributed by atoms with Gasteiger partial charge in [0.15, 0.2) is 11.6 Å². The molecule has 2 aromatic rings. The van der Waals surface area contributed by atoms with Crippen LogP contribution < -0.4 is 5.32 Å². The van der Waals surface area contributed by atoms with Crippen molar-refractivity contribution in [3.63, 3.8) is 0 Å². The average molecular weight is 254 g/mol. The number of hydrogen-bond acceptors (Lipinski definition) is 4. The van der Waals surface area contributed by atoms with Gasteiger partial charge in [0.2, 0.25) is 0 Å². The summed E-state index contributed by atoms with van der Waals surface area (Å²) in [4.78, 5) is 0. The summed E-state index contributed by atoms with van der Waals surface area (Å²) < 4.78 is 30.3. The lowest BCUT2D eigenvalue weighted by Crippen LogP contribution is -2.21. The molecule has 0 saturated carbocycles. The molecule has 0 spiro atoms. The number of aliphatic hydroxyl groups excluding tert-OH is 1. The molecule has 6 heteroatoms. The molecule has 0 radical (unpaired) electrons. The van der Waals surface area contributed by atoms with Gasteiger partial charge in [-0.15, -0.1) is 0 Å². The van der Waals surface area contributed by atoms with Crippen LogP contribution >= 0.6 is 0 Å². The van der Waals surface area contributed by atoms with Gasteiger partial charge in [0.05, 0.1) is 11.8 Å². The lowest BCUT2D eigenvalue weighted by molar-refractivity contribution is 0.173. The molecule has 0 amide bonds. The summed E-state index contributed by atoms with van der Waals surface area (Å²) >= 11 is 0. The minimum Gasteiger partial charge on any atom is -0.387 e. The summed E-state index contributed by atoms with van der Waals surface area (Å²) in [5.41, 5.74) is 1.02. The fourth-order valence-corrected chi connectivity index (χ4v) is 1.50. The van der Waals surface area contributed by atoms with E-state index in [9.17, 15) is 13.9 Å². The zero-order chi connectivity index (χ0) is 13.0. The number of hydrogen-bond donors (Lipinski definition) is 2. The highest BCUT2D eigenvalue weighted by atomic mass is 19.2. The van der Waals surface area contributed by atoms with Crippen molar-refractivity contribution in [1.82, 2.24) is 10.5 Å². The van der Waals surface area contributed by atoms with Gasteiger partial charge in [-0.25, -0.2) is 8.78 Å². The fourth-order valence-electron chi connectivity index (χ4n) is 1.50. The van der Waals surface area contributed by atoms with E-state index in [-0.39, 0.29) is 6.54 Å². The van der Waals surface area contributed by atoms with Crippen LogP contribution in [-0.4, -0.2) is 16.8 Å². The smallest absolute Gasteiger partial charge is 0.159 e. The van der Waals surface area contributed by atoms with Gasteiger partial charge in [-0.1, -0.05) is 11.2 Å². The highest BCUT2D eigenvalue weighted by Gasteiger charge is 2.10. The molecule has 1 atom stereocenters. The summed E-state index contributed by atoms with van der Waals surface area (Å²) in [7, 11) is 0. The molecule has 96 valence electrons. The first kappa shape index (κ1) is 12.7. The Kier molecular flexibility index (Phi) is 4.01. The summed E-state index contributed by atoms with van der Waals surface area (Å²) in [6.07, 6.45) is 0.537. The maximum atomic E-state index is 13.0. The summed E-state index contributed by atoms with van der Waals surface area (Å²) in [5, 5.41) is 16.4. The maximum absolute atomic E-state index is 13.0. The van der Waals surface area contributed by atoms with Crippen LogP contribution in [0.15, 0.2) is 35.1 Å². The number of rotatable bonds is 5. The normalized spacial score (nSPS) is 12.6. The van der Waals surface area contributed by atoms with Crippen LogP contribution in [0.4, 0.5) is 8.78 Å². The third-order valence-corrected chi connectivity index (χ3v) is 2.46. The molecule has 2 N–H and O–H groups in total. The van der Waals surface area contributed by atoms with Gasteiger partial charge in [0.25, 0.3) is 0 Å². The largest absolute Gasteiger partial charge is 0.387 e. The molecular weight excluding hydrogens is 242 g/mol. The van der Waals surface area contributed by atoms with Gasteiger partial charge in [-0.05, 0) is 17.7 Å². The van der Waals surface area contributed by atoms with Crippen LogP contribution in [0.5, 0.6) is 0 Å². The highest BCUT2D eigenvalue weighted by molar-refractivity contribution is 5.20. The molecule has 0 aliphatic carbocycles. The molecular formula is C12H12F2N2O2. The van der Waals surface area contributed by atoms with E-state index < -0.39 is 17.7 Å². The van der Waals surface area contributed by atoms with E-state index in [0.29, 0.717) is 17.8 Å². The van der Waals surface area contributed by atoms with Crippen LogP contribution in [0.25, 0.3) is 0 Å². The van der Waals surface area contributed by atoms with Gasteiger partial charge in [0.1, 0.15) is 6.26 Å². The molecule has 4 nitrogen and oxygen atoms in total. The molecule has 2 rings (SSSR count). The quantitative estimate of drug-likeness (QED) is 0.853. The van der Waals surface area contributed by atoms with Crippen molar-refractivity contribution in [2.45, 2.75) is 12.6 Å². The van der Waals surface area contributed by atoms with Gasteiger partial charge in [-0.3, -0.25) is 0 Å². The number of nitrogens with zero attached hydrogens (tertiary/aromatic N) is 1. The SMILES string of the molecule is OC(CNCc1ccon1)c1ccc(F)c(F)c1. The zero-order valence-electron chi connectivity index (χ0n) is 9.44. The van der Waals surface area contributed by atoms with E-state index in [1.54, 1.807) is 6.07 Å². The molecule has 0 saturated heterocycles. The van der Waals surface area contributed by atoms with Crippen LogP contribution in [0, 0.1) is 11.6 Å². The highest BCUT2D eigenvalue weighted by Crippen LogP contribution is 2.15. The summed E-state index contributed by atoms with van der Waals surface area (Å²) in [6.45, 7) is 0.634. The number of benzene rings is 1. The zero-order valence-corrected chi connectivity index (χ0v) is 9.44. The predicted molar refractivity (Wildman–Crippen MR) is 59.5 cm³/mol. The first-order valence-electron chi connectivity index (χ1n) is 5.40. The molecule has 0 bridgehead atoms. The van der Waals surface area contributed by atoms with Crippen LogP contribution in [0.2, 0.25) is 0 Å². The van der Waals surface area contributed by atoms with E-state index in [0.717, 1.165) is 12.1 Å². The first-order valence-corrected chi connectivity index (χ1v) is 5.40. The Hall–Kier alpha value is -1.79. The van der Waals surface area contributed by atoms with Crippen molar-refractivity contribution in [3.8, 4) is 0 Å². The van der Waals surface area contributed by atoms with Gasteiger partial charge < -0.3 is 14.9 Å². The Morgan fingerprint density at radius 2 is 2.11 bits per heavy atom. The fraction of sp³-hybridized carbons (Fsp3) is 0.250. The van der Waals surface area contributed by atoms with E-state index >= 15 is 0 Å². The van der Waals surface area contributed by atoms with E-state index in [2.05, 4.69) is 15.0 Å². The Bertz CT molecular complexity index is 503. The molecule has 18 heavy (non-hydrogen) atoms. The standard InChI is InChI=1S/C12H12F2N2O2/c13-10-2-1-8(5-11(10)14)12(17)7-15-6-9-3-4-18-16-9/h1-5,12,15,17H,6-7H2. The molecule has 1 aromatic carbocycles. The van der Waals surface area contributed by atoms with E-state index in [1.165, 1.54) is 12.3 Å². The first-order chi connectivity index (χ1) is 8.66. The van der Waals surface area contributed by atoms with Crippen molar-refractivity contribution in [1.29, 1.82) is 0 Å². The molecule has 0 aliphatic rings. The number of halogens is 2. The van der Waals surface area contributed by atoms with Crippen LogP contribution in [-0.2, 0) is 6.54 Å². The second-order valence-electron chi connectivity index (χ2n) is 3.81. The Morgan fingerprint density at radius 3 is 2.78 bits per heavy atom. The molecule has 1 aromatic heterocycles. The Balaban J connectivity index is 1.87. The van der Waals surface area contributed by atoms with Gasteiger partial charge >= 0.3 is 0 Å². The molecule has 0 fully saturated rings. The molecule has 0 aliphatic heterocycles. The minimum atomic E-state index is -0.969. The van der Waals surface area contributed by atoms with Crippen molar-refractivity contribution in [2.24, 2.45) is 0 Å².